The van der Waals surface area contributed by atoms with Gasteiger partial charge < -0.3 is 10.6 Å². The first-order valence-electron chi connectivity index (χ1n) is 9.27. The fraction of sp³-hybridized carbons (Fsp3) is 0.591. The minimum Gasteiger partial charge on any atom is -0.384 e. The van der Waals surface area contributed by atoms with Crippen LogP contribution in [0.4, 0.5) is 10.2 Å². The van der Waals surface area contributed by atoms with Crippen LogP contribution in [0.1, 0.15) is 65.6 Å². The summed E-state index contributed by atoms with van der Waals surface area (Å²) in [5.74, 6) is 2.76. The van der Waals surface area contributed by atoms with Crippen molar-refractivity contribution in [1.29, 1.82) is 0 Å². The molecule has 0 aromatic carbocycles. The zero-order chi connectivity index (χ0) is 20.1. The Balaban J connectivity index is 2.95. The summed E-state index contributed by atoms with van der Waals surface area (Å²) in [5.41, 5.74) is 2.30. The van der Waals surface area contributed by atoms with Crippen LogP contribution >= 0.6 is 0 Å². The van der Waals surface area contributed by atoms with Crippen molar-refractivity contribution in [3.63, 3.8) is 0 Å². The van der Waals surface area contributed by atoms with E-state index in [1.54, 1.807) is 6.92 Å². The molecule has 0 saturated heterocycles. The standard InChI is InChI=1S/C22H34FN3/c1-10-18-12-19(23)21(25-16(18)5)26-20(11-14(2)3)17(6)24-15(4)13-22(7,8)9/h1,12,14,17,20,24H,4,11,13H2,2-3,5-9H3,(H,25,26). The number of allylic oxidation sites excluding steroid dienone is 1. The van der Waals surface area contributed by atoms with E-state index in [2.05, 4.69) is 69.7 Å². The van der Waals surface area contributed by atoms with Gasteiger partial charge >= 0.3 is 0 Å². The molecule has 0 aliphatic rings. The summed E-state index contributed by atoms with van der Waals surface area (Å²) in [5, 5.41) is 6.76. The van der Waals surface area contributed by atoms with Crippen LogP contribution in [0.2, 0.25) is 0 Å². The normalized spacial score (nSPS) is 13.8. The Kier molecular flexibility index (Phi) is 7.68. The van der Waals surface area contributed by atoms with Crippen LogP contribution in [-0.4, -0.2) is 17.1 Å². The Morgan fingerprint density at radius 1 is 1.35 bits per heavy atom. The Labute approximate surface area is 158 Å². The molecule has 0 saturated carbocycles. The summed E-state index contributed by atoms with van der Waals surface area (Å²) in [7, 11) is 0. The molecule has 1 aromatic rings. The lowest BCUT2D eigenvalue weighted by molar-refractivity contribution is 0.376. The lowest BCUT2D eigenvalue weighted by Gasteiger charge is -2.31. The highest BCUT2D eigenvalue weighted by molar-refractivity contribution is 5.46. The molecular formula is C22H34FN3. The molecular weight excluding hydrogens is 325 g/mol. The van der Waals surface area contributed by atoms with Gasteiger partial charge in [0, 0.05) is 23.3 Å². The molecule has 0 amide bonds. The zero-order valence-electron chi connectivity index (χ0n) is 17.3. The molecule has 0 bridgehead atoms. The highest BCUT2D eigenvalue weighted by atomic mass is 19.1. The van der Waals surface area contributed by atoms with E-state index in [0.717, 1.165) is 18.5 Å². The third-order valence-corrected chi connectivity index (χ3v) is 4.15. The van der Waals surface area contributed by atoms with Crippen molar-refractivity contribution in [1.82, 2.24) is 10.3 Å². The third-order valence-electron chi connectivity index (χ3n) is 4.15. The number of hydrogen-bond donors (Lipinski definition) is 2. The van der Waals surface area contributed by atoms with Gasteiger partial charge in [-0.05, 0) is 44.1 Å². The maximum Gasteiger partial charge on any atom is 0.166 e. The van der Waals surface area contributed by atoms with Gasteiger partial charge in [-0.15, -0.1) is 6.42 Å². The molecule has 0 aliphatic carbocycles. The Hall–Kier alpha value is -2.02. The van der Waals surface area contributed by atoms with E-state index in [0.29, 0.717) is 17.2 Å². The van der Waals surface area contributed by atoms with Crippen LogP contribution in [0.3, 0.4) is 0 Å². The highest BCUT2D eigenvalue weighted by Gasteiger charge is 2.22. The number of terminal acetylenes is 1. The van der Waals surface area contributed by atoms with Crippen molar-refractivity contribution in [2.75, 3.05) is 5.32 Å². The van der Waals surface area contributed by atoms with Gasteiger partial charge in [-0.25, -0.2) is 9.37 Å². The van der Waals surface area contributed by atoms with E-state index in [1.807, 2.05) is 0 Å². The van der Waals surface area contributed by atoms with Crippen molar-refractivity contribution in [2.45, 2.75) is 73.4 Å². The Morgan fingerprint density at radius 2 is 1.96 bits per heavy atom. The number of nitrogens with zero attached hydrogens (tertiary/aromatic N) is 1. The number of anilines is 1. The number of rotatable bonds is 8. The number of aryl methyl sites for hydroxylation is 1. The summed E-state index contributed by atoms with van der Waals surface area (Å²) in [6.07, 6.45) is 7.16. The zero-order valence-corrected chi connectivity index (χ0v) is 17.3. The minimum absolute atomic E-state index is 0.0183. The number of aromatic nitrogens is 1. The number of halogens is 1. The molecule has 1 heterocycles. The van der Waals surface area contributed by atoms with Crippen LogP contribution in [-0.2, 0) is 0 Å². The molecule has 0 aliphatic heterocycles. The average molecular weight is 360 g/mol. The lowest BCUT2D eigenvalue weighted by Crippen LogP contribution is -2.43. The van der Waals surface area contributed by atoms with Crippen molar-refractivity contribution in [2.24, 2.45) is 11.3 Å². The first kappa shape index (κ1) is 22.0. The number of nitrogens with one attached hydrogen (secondary N) is 2. The molecule has 0 spiro atoms. The summed E-state index contributed by atoms with van der Waals surface area (Å²) >= 11 is 0. The first-order valence-corrected chi connectivity index (χ1v) is 9.27. The molecule has 0 fully saturated rings. The largest absolute Gasteiger partial charge is 0.384 e. The van der Waals surface area contributed by atoms with Crippen molar-refractivity contribution >= 4 is 5.82 Å². The van der Waals surface area contributed by atoms with Gasteiger partial charge in [-0.1, -0.05) is 47.1 Å². The monoisotopic (exact) mass is 359 g/mol. The van der Waals surface area contributed by atoms with Crippen molar-refractivity contribution in [3.8, 4) is 12.3 Å². The second-order valence-corrected chi connectivity index (χ2v) is 8.75. The van der Waals surface area contributed by atoms with E-state index in [-0.39, 0.29) is 23.3 Å². The molecule has 26 heavy (non-hydrogen) atoms. The van der Waals surface area contributed by atoms with Crippen LogP contribution < -0.4 is 10.6 Å². The second-order valence-electron chi connectivity index (χ2n) is 8.75. The summed E-state index contributed by atoms with van der Waals surface area (Å²) in [4.78, 5) is 4.33. The van der Waals surface area contributed by atoms with Crippen LogP contribution in [0.15, 0.2) is 18.3 Å². The molecule has 3 nitrogen and oxygen atoms in total. The summed E-state index contributed by atoms with van der Waals surface area (Å²) < 4.78 is 14.4. The van der Waals surface area contributed by atoms with Crippen LogP contribution in [0.5, 0.6) is 0 Å². The topological polar surface area (TPSA) is 37.0 Å². The Morgan fingerprint density at radius 3 is 2.46 bits per heavy atom. The van der Waals surface area contributed by atoms with E-state index in [9.17, 15) is 4.39 Å². The van der Waals surface area contributed by atoms with Crippen LogP contribution in [0.25, 0.3) is 0 Å². The van der Waals surface area contributed by atoms with Gasteiger partial charge in [0.25, 0.3) is 0 Å². The maximum absolute atomic E-state index is 14.4. The van der Waals surface area contributed by atoms with Gasteiger partial charge in [-0.2, -0.15) is 0 Å². The van der Waals surface area contributed by atoms with Gasteiger partial charge in [0.15, 0.2) is 11.6 Å². The lowest BCUT2D eigenvalue weighted by atomic mass is 9.90. The number of pyridine rings is 1. The minimum atomic E-state index is -0.418. The second kappa shape index (κ2) is 9.07. The quantitative estimate of drug-likeness (QED) is 0.621. The number of hydrogen-bond acceptors (Lipinski definition) is 3. The molecule has 1 rings (SSSR count). The average Bonchev–Trinajstić information content (AvgIpc) is 2.47. The molecule has 4 heteroatoms. The third kappa shape index (κ3) is 7.07. The molecule has 1 aromatic heterocycles. The van der Waals surface area contributed by atoms with E-state index < -0.39 is 5.82 Å². The Bertz CT molecular complexity index is 665. The smallest absolute Gasteiger partial charge is 0.166 e. The van der Waals surface area contributed by atoms with Crippen LogP contribution in [0, 0.1) is 36.4 Å². The van der Waals surface area contributed by atoms with E-state index >= 15 is 0 Å². The maximum atomic E-state index is 14.4. The molecule has 2 atom stereocenters. The van der Waals surface area contributed by atoms with E-state index in [1.165, 1.54) is 6.07 Å². The summed E-state index contributed by atoms with van der Waals surface area (Å²) in [6.45, 7) is 18.9. The van der Waals surface area contributed by atoms with Gasteiger partial charge in [0.1, 0.15) is 0 Å². The van der Waals surface area contributed by atoms with Gasteiger partial charge in [-0.3, -0.25) is 0 Å². The fourth-order valence-corrected chi connectivity index (χ4v) is 3.01. The highest BCUT2D eigenvalue weighted by Crippen LogP contribution is 2.24. The fourth-order valence-electron chi connectivity index (χ4n) is 3.01. The molecule has 144 valence electrons. The van der Waals surface area contributed by atoms with Gasteiger partial charge in [0.05, 0.1) is 5.69 Å². The molecule has 2 N–H and O–H groups in total. The van der Waals surface area contributed by atoms with Crippen molar-refractivity contribution in [3.05, 3.63) is 35.4 Å². The molecule has 2 unspecified atom stereocenters. The predicted octanol–water partition coefficient (Wildman–Crippen LogP) is 5.27. The molecule has 0 radical (unpaired) electrons. The van der Waals surface area contributed by atoms with Crippen molar-refractivity contribution < 1.29 is 4.39 Å². The SMILES string of the molecule is C#Cc1cc(F)c(NC(CC(C)C)C(C)NC(=C)CC(C)(C)C)nc1C. The summed E-state index contributed by atoms with van der Waals surface area (Å²) in [6, 6.07) is 1.47. The first-order chi connectivity index (χ1) is 11.9. The van der Waals surface area contributed by atoms with Gasteiger partial charge in [0.2, 0.25) is 0 Å². The predicted molar refractivity (Wildman–Crippen MR) is 110 cm³/mol. The van der Waals surface area contributed by atoms with E-state index in [4.69, 9.17) is 6.42 Å².